The number of aromatic nitrogens is 2. The van der Waals surface area contributed by atoms with Crippen LogP contribution in [0, 0.1) is 5.82 Å². The molecular formula is C20H16F4N4O3. The van der Waals surface area contributed by atoms with Crippen molar-refractivity contribution in [3.63, 3.8) is 0 Å². The highest BCUT2D eigenvalue weighted by Gasteiger charge is 2.38. The van der Waals surface area contributed by atoms with Crippen LogP contribution in [0.15, 0.2) is 53.1 Å². The fraction of sp³-hybridized carbons (Fsp3) is 0.250. The number of anilines is 1. The van der Waals surface area contributed by atoms with Crippen LogP contribution in [0.2, 0.25) is 0 Å². The third kappa shape index (κ3) is 4.93. The number of hydrogen-bond donors (Lipinski definition) is 1. The number of nitrogens with zero attached hydrogens (tertiary/aromatic N) is 3. The zero-order chi connectivity index (χ0) is 22.0. The van der Waals surface area contributed by atoms with Gasteiger partial charge in [0.05, 0.1) is 6.54 Å². The molecule has 3 aromatic rings. The highest BCUT2D eigenvalue weighted by Crippen LogP contribution is 2.30. The molecule has 0 unspecified atom stereocenters. The second kappa shape index (κ2) is 8.25. The van der Waals surface area contributed by atoms with Crippen LogP contribution in [0.3, 0.4) is 0 Å². The Bertz CT molecular complexity index is 1050. The highest BCUT2D eigenvalue weighted by atomic mass is 19.4. The summed E-state index contributed by atoms with van der Waals surface area (Å²) in [7, 11) is 0. The maximum atomic E-state index is 13.0. The summed E-state index contributed by atoms with van der Waals surface area (Å²) in [6, 6.07) is 11.4. The Labute approximate surface area is 173 Å². The van der Waals surface area contributed by atoms with E-state index < -0.39 is 17.9 Å². The van der Waals surface area contributed by atoms with Gasteiger partial charge in [0.2, 0.25) is 5.82 Å². The molecular weight excluding hydrogens is 420 g/mol. The summed E-state index contributed by atoms with van der Waals surface area (Å²) in [5.74, 6) is -1.48. The molecule has 1 aliphatic rings. The molecule has 162 valence electrons. The first-order chi connectivity index (χ1) is 14.8. The number of benzene rings is 2. The number of carbonyl (C=O) groups excluding carboxylic acids is 1. The minimum Gasteiger partial charge on any atom is -0.489 e. The van der Waals surface area contributed by atoms with Gasteiger partial charge in [-0.1, -0.05) is 5.16 Å². The molecule has 0 saturated carbocycles. The van der Waals surface area contributed by atoms with Gasteiger partial charge in [0, 0.05) is 24.2 Å². The molecule has 11 heteroatoms. The average molecular weight is 436 g/mol. The number of urea groups is 1. The fourth-order valence-electron chi connectivity index (χ4n) is 3.08. The molecule has 4 rings (SSSR count). The third-order valence-electron chi connectivity index (χ3n) is 4.61. The van der Waals surface area contributed by atoms with E-state index in [1.54, 1.807) is 17.0 Å². The lowest BCUT2D eigenvalue weighted by Gasteiger charge is -2.18. The van der Waals surface area contributed by atoms with Crippen molar-refractivity contribution in [1.29, 1.82) is 0 Å². The van der Waals surface area contributed by atoms with Crippen LogP contribution < -0.4 is 10.1 Å². The Hall–Kier alpha value is -3.63. The van der Waals surface area contributed by atoms with E-state index in [9.17, 15) is 22.4 Å². The molecule has 2 amide bonds. The van der Waals surface area contributed by atoms with Crippen molar-refractivity contribution in [2.24, 2.45) is 0 Å². The molecule has 2 heterocycles. The van der Waals surface area contributed by atoms with E-state index in [2.05, 4.69) is 20.0 Å². The maximum absolute atomic E-state index is 13.0. The van der Waals surface area contributed by atoms with E-state index >= 15 is 0 Å². The first-order valence-electron chi connectivity index (χ1n) is 9.27. The monoisotopic (exact) mass is 436 g/mol. The number of amides is 2. The lowest BCUT2D eigenvalue weighted by molar-refractivity contribution is -0.159. The van der Waals surface area contributed by atoms with Gasteiger partial charge in [0.1, 0.15) is 17.7 Å². The number of rotatable bonds is 4. The Kier molecular flexibility index (Phi) is 5.49. The Morgan fingerprint density at radius 2 is 1.84 bits per heavy atom. The van der Waals surface area contributed by atoms with E-state index in [0.717, 1.165) is 0 Å². The smallest absolute Gasteiger partial charge is 0.471 e. The number of hydrogen-bond acceptors (Lipinski definition) is 5. The molecule has 1 fully saturated rings. The number of halogens is 4. The average Bonchev–Trinajstić information content (AvgIpc) is 3.40. The molecule has 0 bridgehead atoms. The molecule has 1 aromatic heterocycles. The highest BCUT2D eigenvalue weighted by molar-refractivity contribution is 5.89. The van der Waals surface area contributed by atoms with Crippen molar-refractivity contribution in [1.82, 2.24) is 15.0 Å². The van der Waals surface area contributed by atoms with E-state index in [4.69, 9.17) is 4.74 Å². The molecule has 0 aliphatic carbocycles. The summed E-state index contributed by atoms with van der Waals surface area (Å²) >= 11 is 0. The summed E-state index contributed by atoms with van der Waals surface area (Å²) in [6.45, 7) is 0.841. The minimum absolute atomic E-state index is 0.177. The Balaban J connectivity index is 1.32. The van der Waals surface area contributed by atoms with Crippen molar-refractivity contribution >= 4 is 11.7 Å². The van der Waals surface area contributed by atoms with Crippen LogP contribution in [0.25, 0.3) is 11.4 Å². The van der Waals surface area contributed by atoms with Crippen LogP contribution in [0.1, 0.15) is 12.3 Å². The van der Waals surface area contributed by atoms with Gasteiger partial charge >= 0.3 is 18.1 Å². The van der Waals surface area contributed by atoms with Crippen molar-refractivity contribution in [3.8, 4) is 17.1 Å². The number of likely N-dealkylation sites (tertiary alicyclic amines) is 1. The predicted octanol–water partition coefficient (Wildman–Crippen LogP) is 4.58. The Morgan fingerprint density at radius 3 is 2.48 bits per heavy atom. The van der Waals surface area contributed by atoms with Crippen molar-refractivity contribution < 1.29 is 31.6 Å². The topological polar surface area (TPSA) is 80.5 Å². The second-order valence-electron chi connectivity index (χ2n) is 6.86. The molecule has 1 atom stereocenters. The summed E-state index contributed by atoms with van der Waals surface area (Å²) in [5.41, 5.74) is 0.833. The maximum Gasteiger partial charge on any atom is 0.471 e. The Morgan fingerprint density at radius 1 is 1.13 bits per heavy atom. The second-order valence-corrected chi connectivity index (χ2v) is 6.86. The van der Waals surface area contributed by atoms with Gasteiger partial charge in [-0.3, -0.25) is 0 Å². The molecule has 1 saturated heterocycles. The first kappa shape index (κ1) is 20.6. The molecule has 1 N–H and O–H groups in total. The number of alkyl halides is 3. The zero-order valence-corrected chi connectivity index (χ0v) is 15.9. The minimum atomic E-state index is -4.70. The number of carbonyl (C=O) groups is 1. The van der Waals surface area contributed by atoms with Gasteiger partial charge in [-0.2, -0.15) is 18.2 Å². The largest absolute Gasteiger partial charge is 0.489 e. The van der Waals surface area contributed by atoms with Gasteiger partial charge in [-0.15, -0.1) is 0 Å². The van der Waals surface area contributed by atoms with Crippen molar-refractivity contribution in [2.75, 3.05) is 18.4 Å². The first-order valence-corrected chi connectivity index (χ1v) is 9.27. The quantitative estimate of drug-likeness (QED) is 0.606. The van der Waals surface area contributed by atoms with E-state index in [0.29, 0.717) is 36.5 Å². The fourth-order valence-corrected chi connectivity index (χ4v) is 3.08. The van der Waals surface area contributed by atoms with Crippen molar-refractivity contribution in [2.45, 2.75) is 18.7 Å². The van der Waals surface area contributed by atoms with Gasteiger partial charge in [0.15, 0.2) is 0 Å². The number of ether oxygens (including phenoxy) is 1. The van der Waals surface area contributed by atoms with Gasteiger partial charge in [-0.25, -0.2) is 9.18 Å². The van der Waals surface area contributed by atoms with Crippen LogP contribution in [0.5, 0.6) is 5.75 Å². The van der Waals surface area contributed by atoms with Crippen LogP contribution in [-0.2, 0) is 6.18 Å². The van der Waals surface area contributed by atoms with E-state index in [1.807, 2.05) is 0 Å². The SMILES string of the molecule is O=C(Nc1ccc(F)cc1)N1CC[C@@H](Oc2ccc(-c3noc(C(F)(F)F)n3)cc2)C1. The van der Waals surface area contributed by atoms with Gasteiger partial charge in [0.25, 0.3) is 0 Å². The molecule has 31 heavy (non-hydrogen) atoms. The van der Waals surface area contributed by atoms with Crippen LogP contribution >= 0.6 is 0 Å². The van der Waals surface area contributed by atoms with Gasteiger partial charge < -0.3 is 19.5 Å². The van der Waals surface area contributed by atoms with Crippen LogP contribution in [-0.4, -0.2) is 40.3 Å². The molecule has 7 nitrogen and oxygen atoms in total. The lowest BCUT2D eigenvalue weighted by atomic mass is 10.2. The standard InChI is InChI=1S/C20H16F4N4O3/c21-13-3-5-14(6-4-13)25-19(29)28-10-9-16(11-28)30-15-7-1-12(2-8-15)17-26-18(31-27-17)20(22,23)24/h1-8,16H,9-11H2,(H,25,29)/t16-/m1/s1. The number of nitrogens with one attached hydrogen (secondary N) is 1. The predicted molar refractivity (Wildman–Crippen MR) is 101 cm³/mol. The molecule has 0 spiro atoms. The molecule has 1 aliphatic heterocycles. The lowest BCUT2D eigenvalue weighted by Crippen LogP contribution is -2.34. The van der Waals surface area contributed by atoms with E-state index in [1.165, 1.54) is 36.4 Å². The summed E-state index contributed by atoms with van der Waals surface area (Å²) in [6.07, 6.45) is -4.34. The van der Waals surface area contributed by atoms with Crippen LogP contribution in [0.4, 0.5) is 28.0 Å². The normalized spacial score (nSPS) is 16.4. The molecule has 2 aromatic carbocycles. The van der Waals surface area contributed by atoms with E-state index in [-0.39, 0.29) is 18.0 Å². The molecule has 0 radical (unpaired) electrons. The summed E-state index contributed by atoms with van der Waals surface area (Å²) in [5, 5.41) is 6.03. The summed E-state index contributed by atoms with van der Waals surface area (Å²) < 4.78 is 60.8. The zero-order valence-electron chi connectivity index (χ0n) is 15.9. The third-order valence-corrected chi connectivity index (χ3v) is 4.61. The summed E-state index contributed by atoms with van der Waals surface area (Å²) in [4.78, 5) is 17.3. The van der Waals surface area contributed by atoms with Gasteiger partial charge in [-0.05, 0) is 48.5 Å². The van der Waals surface area contributed by atoms with Crippen molar-refractivity contribution in [3.05, 3.63) is 60.2 Å².